The Morgan fingerprint density at radius 3 is 2.88 bits per heavy atom. The van der Waals surface area contributed by atoms with E-state index in [4.69, 9.17) is 10.5 Å². The zero-order valence-electron chi connectivity index (χ0n) is 14.3. The van der Waals surface area contributed by atoms with Gasteiger partial charge in [0.05, 0.1) is 18.8 Å². The van der Waals surface area contributed by atoms with E-state index in [2.05, 4.69) is 17.1 Å². The third kappa shape index (κ3) is 4.78. The van der Waals surface area contributed by atoms with Gasteiger partial charge in [0.15, 0.2) is 0 Å². The van der Waals surface area contributed by atoms with Crippen LogP contribution in [0.15, 0.2) is 24.3 Å². The van der Waals surface area contributed by atoms with Crippen molar-refractivity contribution in [2.75, 3.05) is 38.1 Å². The predicted molar refractivity (Wildman–Crippen MR) is 93.2 cm³/mol. The van der Waals surface area contributed by atoms with Gasteiger partial charge in [-0.1, -0.05) is 12.1 Å². The monoisotopic (exact) mass is 334 g/mol. The molecule has 1 aliphatic heterocycles. The van der Waals surface area contributed by atoms with Gasteiger partial charge in [0.2, 0.25) is 5.91 Å². The largest absolute Gasteiger partial charge is 0.485 e. The fourth-order valence-electron chi connectivity index (χ4n) is 2.75. The Kier molecular flexibility index (Phi) is 6.28. The molecule has 0 saturated heterocycles. The van der Waals surface area contributed by atoms with Crippen molar-refractivity contribution in [1.82, 2.24) is 10.2 Å². The molecule has 0 fully saturated rings. The van der Waals surface area contributed by atoms with Gasteiger partial charge in [-0.3, -0.25) is 4.79 Å². The Morgan fingerprint density at radius 2 is 2.17 bits per heavy atom. The number of nitrogens with two attached hydrogens (primary N) is 1. The number of likely N-dealkylation sites (N-methyl/N-ethyl adjacent to an activating group) is 2. The summed E-state index contributed by atoms with van der Waals surface area (Å²) in [6.45, 7) is 4.66. The Bertz CT molecular complexity index is 579. The molecule has 132 valence electrons. The first-order valence-corrected chi connectivity index (χ1v) is 8.29. The minimum atomic E-state index is -0.355. The number of ether oxygens (including phenoxy) is 1. The maximum absolute atomic E-state index is 12.1. The average molecular weight is 334 g/mol. The number of carbonyl (C=O) groups is 2. The molecule has 1 unspecified atom stereocenters. The molecule has 1 atom stereocenters. The topological polar surface area (TPSA) is 87.9 Å². The van der Waals surface area contributed by atoms with Gasteiger partial charge in [0.1, 0.15) is 11.9 Å². The summed E-state index contributed by atoms with van der Waals surface area (Å²) in [6.07, 6.45) is 0.741. The maximum Gasteiger partial charge on any atom is 0.317 e. The van der Waals surface area contributed by atoms with Gasteiger partial charge in [0.25, 0.3) is 0 Å². The van der Waals surface area contributed by atoms with Crippen molar-refractivity contribution in [2.24, 2.45) is 5.73 Å². The summed E-state index contributed by atoms with van der Waals surface area (Å²) >= 11 is 0. The number of carbonyl (C=O) groups excluding carboxylic acids is 2. The number of fused-ring (bicyclic) bond motifs is 1. The Morgan fingerprint density at radius 1 is 1.42 bits per heavy atom. The van der Waals surface area contributed by atoms with E-state index in [0.717, 1.165) is 24.5 Å². The molecule has 0 aliphatic carbocycles. The van der Waals surface area contributed by atoms with E-state index in [1.165, 1.54) is 0 Å². The van der Waals surface area contributed by atoms with Gasteiger partial charge in [0, 0.05) is 26.6 Å². The van der Waals surface area contributed by atoms with E-state index < -0.39 is 0 Å². The SMILES string of the molecule is CCN1CC(CN(C)C(=O)NCCCC(N)=O)Oc2ccccc21. The second kappa shape index (κ2) is 8.42. The smallest absolute Gasteiger partial charge is 0.317 e. The second-order valence-electron chi connectivity index (χ2n) is 5.93. The normalized spacial score (nSPS) is 16.1. The van der Waals surface area contributed by atoms with Gasteiger partial charge >= 0.3 is 6.03 Å². The van der Waals surface area contributed by atoms with Gasteiger partial charge in [-0.15, -0.1) is 0 Å². The Hall–Kier alpha value is -2.44. The fourth-order valence-corrected chi connectivity index (χ4v) is 2.75. The van der Waals surface area contributed by atoms with Crippen molar-refractivity contribution in [1.29, 1.82) is 0 Å². The Balaban J connectivity index is 1.85. The third-order valence-corrected chi connectivity index (χ3v) is 4.01. The molecule has 3 N–H and O–H groups in total. The highest BCUT2D eigenvalue weighted by atomic mass is 16.5. The number of rotatable bonds is 7. The maximum atomic E-state index is 12.1. The van der Waals surface area contributed by atoms with Crippen LogP contribution in [0.3, 0.4) is 0 Å². The summed E-state index contributed by atoms with van der Waals surface area (Å²) in [7, 11) is 1.74. The van der Waals surface area contributed by atoms with Crippen LogP contribution in [0.25, 0.3) is 0 Å². The number of anilines is 1. The van der Waals surface area contributed by atoms with Crippen LogP contribution in [0.4, 0.5) is 10.5 Å². The first kappa shape index (κ1) is 17.9. The molecular weight excluding hydrogens is 308 g/mol. The number of benzene rings is 1. The number of nitrogens with zero attached hydrogens (tertiary/aromatic N) is 2. The molecule has 1 aliphatic rings. The van der Waals surface area contributed by atoms with Crippen LogP contribution in [0.1, 0.15) is 19.8 Å². The van der Waals surface area contributed by atoms with E-state index in [1.807, 2.05) is 24.3 Å². The minimum absolute atomic E-state index is 0.0822. The highest BCUT2D eigenvalue weighted by Crippen LogP contribution is 2.32. The summed E-state index contributed by atoms with van der Waals surface area (Å²) in [6, 6.07) is 7.77. The lowest BCUT2D eigenvalue weighted by Gasteiger charge is -2.37. The van der Waals surface area contributed by atoms with Crippen LogP contribution >= 0.6 is 0 Å². The standard InChI is InChI=1S/C17H26N4O3/c1-3-21-12-13(24-15-8-5-4-7-14(15)21)11-20(2)17(23)19-10-6-9-16(18)22/h4-5,7-8,13H,3,6,9-12H2,1-2H3,(H2,18,22)(H,19,23). The quantitative estimate of drug-likeness (QED) is 0.733. The van der Waals surface area contributed by atoms with Gasteiger partial charge < -0.3 is 25.6 Å². The summed E-state index contributed by atoms with van der Waals surface area (Å²) in [5.74, 6) is 0.498. The molecule has 0 spiro atoms. The first-order valence-electron chi connectivity index (χ1n) is 8.29. The minimum Gasteiger partial charge on any atom is -0.485 e. The van der Waals surface area contributed by atoms with Gasteiger partial charge in [-0.2, -0.15) is 0 Å². The summed E-state index contributed by atoms with van der Waals surface area (Å²) < 4.78 is 6.02. The molecule has 0 bridgehead atoms. The molecule has 1 heterocycles. The number of amides is 3. The van der Waals surface area contributed by atoms with Crippen LogP contribution in [-0.4, -0.2) is 56.2 Å². The molecule has 24 heavy (non-hydrogen) atoms. The van der Waals surface area contributed by atoms with Crippen molar-refractivity contribution in [3.05, 3.63) is 24.3 Å². The summed E-state index contributed by atoms with van der Waals surface area (Å²) in [5.41, 5.74) is 6.17. The first-order chi connectivity index (χ1) is 11.5. The summed E-state index contributed by atoms with van der Waals surface area (Å²) in [4.78, 5) is 26.6. The molecule has 7 nitrogen and oxygen atoms in total. The van der Waals surface area contributed by atoms with Crippen molar-refractivity contribution >= 4 is 17.6 Å². The van der Waals surface area contributed by atoms with Crippen molar-refractivity contribution in [3.63, 3.8) is 0 Å². The number of primary amides is 1. The van der Waals surface area contributed by atoms with Crippen molar-refractivity contribution in [2.45, 2.75) is 25.9 Å². The van der Waals surface area contributed by atoms with Gasteiger partial charge in [-0.05, 0) is 25.5 Å². The van der Waals surface area contributed by atoms with E-state index in [1.54, 1.807) is 11.9 Å². The van der Waals surface area contributed by atoms with E-state index in [-0.39, 0.29) is 24.5 Å². The third-order valence-electron chi connectivity index (χ3n) is 4.01. The molecule has 7 heteroatoms. The van der Waals surface area contributed by atoms with Gasteiger partial charge in [-0.25, -0.2) is 4.79 Å². The van der Waals surface area contributed by atoms with Crippen LogP contribution in [0, 0.1) is 0 Å². The van der Waals surface area contributed by atoms with Crippen LogP contribution in [0.2, 0.25) is 0 Å². The van der Waals surface area contributed by atoms with E-state index in [9.17, 15) is 9.59 Å². The molecule has 1 aromatic rings. The lowest BCUT2D eigenvalue weighted by molar-refractivity contribution is -0.118. The number of urea groups is 1. The number of para-hydroxylation sites is 2. The van der Waals surface area contributed by atoms with E-state index >= 15 is 0 Å². The molecule has 0 radical (unpaired) electrons. The van der Waals surface area contributed by atoms with E-state index in [0.29, 0.717) is 19.5 Å². The van der Waals surface area contributed by atoms with Crippen molar-refractivity contribution < 1.29 is 14.3 Å². The molecule has 0 saturated carbocycles. The highest BCUT2D eigenvalue weighted by Gasteiger charge is 2.26. The van der Waals surface area contributed by atoms with Crippen molar-refractivity contribution in [3.8, 4) is 5.75 Å². The molecule has 1 aromatic carbocycles. The van der Waals surface area contributed by atoms with Crippen LogP contribution < -0.4 is 20.7 Å². The average Bonchev–Trinajstić information content (AvgIpc) is 2.57. The lowest BCUT2D eigenvalue weighted by atomic mass is 10.2. The summed E-state index contributed by atoms with van der Waals surface area (Å²) in [5, 5.41) is 2.78. The molecule has 2 rings (SSSR count). The second-order valence-corrected chi connectivity index (χ2v) is 5.93. The zero-order valence-corrected chi connectivity index (χ0v) is 14.3. The zero-order chi connectivity index (χ0) is 17.5. The molecular formula is C17H26N4O3. The fraction of sp³-hybridized carbons (Fsp3) is 0.529. The molecule has 0 aromatic heterocycles. The van der Waals surface area contributed by atoms with Crippen LogP contribution in [-0.2, 0) is 4.79 Å². The lowest BCUT2D eigenvalue weighted by Crippen LogP contribution is -2.49. The van der Waals surface area contributed by atoms with Crippen LogP contribution in [0.5, 0.6) is 5.75 Å². The Labute approximate surface area is 142 Å². The highest BCUT2D eigenvalue weighted by molar-refractivity contribution is 5.75. The number of hydrogen-bond acceptors (Lipinski definition) is 4. The number of nitrogens with one attached hydrogen (secondary N) is 1. The molecule has 3 amide bonds. The predicted octanol–water partition coefficient (Wildman–Crippen LogP) is 1.18. The number of hydrogen-bond donors (Lipinski definition) is 2.